The van der Waals surface area contributed by atoms with Crippen LogP contribution in [0.3, 0.4) is 0 Å². The first-order valence-electron chi connectivity index (χ1n) is 10.9. The molecule has 0 bridgehead atoms. The second-order valence-electron chi connectivity index (χ2n) is 8.63. The Morgan fingerprint density at radius 3 is 2.36 bits per heavy atom. The number of nitrogens with two attached hydrogens (primary N) is 1. The van der Waals surface area contributed by atoms with Crippen molar-refractivity contribution in [1.82, 2.24) is 10.2 Å². The molecular weight excluding hydrogens is 539 g/mol. The van der Waals surface area contributed by atoms with Crippen LogP contribution in [-0.4, -0.2) is 22.0 Å². The summed E-state index contributed by atoms with van der Waals surface area (Å²) in [6.07, 6.45) is -4.00. The van der Waals surface area contributed by atoms with Gasteiger partial charge in [-0.1, -0.05) is 40.2 Å². The molecule has 1 heterocycles. The molecule has 5 N–H and O–H groups in total. The van der Waals surface area contributed by atoms with Gasteiger partial charge >= 0.3 is 6.18 Å². The van der Waals surface area contributed by atoms with E-state index >= 15 is 0 Å². The van der Waals surface area contributed by atoms with Crippen LogP contribution in [-0.2, 0) is 15.8 Å². The number of nitrogens with zero attached hydrogens (tertiary/aromatic N) is 1. The highest BCUT2D eigenvalue weighted by molar-refractivity contribution is 9.10. The number of anilines is 3. The van der Waals surface area contributed by atoms with Crippen LogP contribution >= 0.6 is 15.9 Å². The van der Waals surface area contributed by atoms with E-state index in [0.717, 1.165) is 34.2 Å². The molecule has 3 aromatic carbocycles. The van der Waals surface area contributed by atoms with Crippen molar-refractivity contribution in [2.24, 2.45) is 5.41 Å². The highest BCUT2D eigenvalue weighted by Gasteiger charge is 2.56. The molecule has 4 aromatic rings. The predicted molar refractivity (Wildman–Crippen MR) is 134 cm³/mol. The zero-order valence-electron chi connectivity index (χ0n) is 18.5. The van der Waals surface area contributed by atoms with E-state index in [4.69, 9.17) is 5.73 Å². The molecule has 0 saturated heterocycles. The molecule has 0 atom stereocenters. The number of aromatic amines is 1. The van der Waals surface area contributed by atoms with Gasteiger partial charge in [0, 0.05) is 15.8 Å². The minimum Gasteiger partial charge on any atom is -0.382 e. The van der Waals surface area contributed by atoms with Gasteiger partial charge in [0.1, 0.15) is 5.41 Å². The monoisotopic (exact) mass is 557 g/mol. The van der Waals surface area contributed by atoms with Crippen LogP contribution in [0.4, 0.5) is 30.4 Å². The van der Waals surface area contributed by atoms with Gasteiger partial charge in [0.2, 0.25) is 11.8 Å². The molecule has 0 unspecified atom stereocenters. The van der Waals surface area contributed by atoms with Crippen LogP contribution in [0.15, 0.2) is 65.1 Å². The fourth-order valence-corrected chi connectivity index (χ4v) is 4.61. The molecule has 1 aliphatic rings. The molecule has 1 aliphatic carbocycles. The summed E-state index contributed by atoms with van der Waals surface area (Å²) in [6.45, 7) is 0. The van der Waals surface area contributed by atoms with Gasteiger partial charge in [0.15, 0.2) is 5.82 Å². The van der Waals surface area contributed by atoms with E-state index in [1.165, 1.54) is 6.07 Å². The van der Waals surface area contributed by atoms with Crippen molar-refractivity contribution in [3.8, 4) is 11.1 Å². The summed E-state index contributed by atoms with van der Waals surface area (Å²) in [5, 5.41) is 12.9. The van der Waals surface area contributed by atoms with Crippen molar-refractivity contribution in [3.63, 3.8) is 0 Å². The summed E-state index contributed by atoms with van der Waals surface area (Å²) in [4.78, 5) is 26.0. The number of hydrogen-bond donors (Lipinski definition) is 4. The molecule has 7 nitrogen and oxygen atoms in total. The first-order valence-corrected chi connectivity index (χ1v) is 11.7. The third-order valence-corrected chi connectivity index (χ3v) is 6.61. The Labute approximate surface area is 211 Å². The minimum atomic E-state index is -4.58. The maximum absolute atomic E-state index is 13.1. The average Bonchev–Trinajstić information content (AvgIpc) is 3.56. The van der Waals surface area contributed by atoms with Crippen molar-refractivity contribution in [3.05, 3.63) is 70.7 Å². The number of fused-ring (bicyclic) bond motifs is 1. The molecule has 11 heteroatoms. The first-order chi connectivity index (χ1) is 17.1. The Balaban J connectivity index is 1.36. The van der Waals surface area contributed by atoms with E-state index in [9.17, 15) is 22.8 Å². The lowest BCUT2D eigenvalue weighted by atomic mass is 10.0. The molecule has 1 aromatic heterocycles. The zero-order valence-corrected chi connectivity index (χ0v) is 20.1. The zero-order chi connectivity index (χ0) is 25.7. The molecule has 2 amide bonds. The number of hydrogen-bond acceptors (Lipinski definition) is 4. The Kier molecular flexibility index (Phi) is 5.74. The van der Waals surface area contributed by atoms with Gasteiger partial charge in [-0.25, -0.2) is 0 Å². The fourth-order valence-electron chi connectivity index (χ4n) is 4.11. The third kappa shape index (κ3) is 4.41. The highest BCUT2D eigenvalue weighted by Crippen LogP contribution is 2.48. The molecule has 0 spiro atoms. The number of rotatable bonds is 5. The number of halogens is 4. The largest absolute Gasteiger partial charge is 0.416 e. The summed E-state index contributed by atoms with van der Waals surface area (Å²) in [6, 6.07) is 15.8. The lowest BCUT2D eigenvalue weighted by molar-refractivity contribution is -0.137. The molecule has 36 heavy (non-hydrogen) atoms. The van der Waals surface area contributed by atoms with Crippen LogP contribution in [0.25, 0.3) is 22.0 Å². The van der Waals surface area contributed by atoms with E-state index in [0.29, 0.717) is 11.5 Å². The lowest BCUT2D eigenvalue weighted by Gasteiger charge is -2.17. The number of aromatic nitrogens is 2. The molecule has 0 aliphatic heterocycles. The fraction of sp³-hybridized carbons (Fsp3) is 0.160. The quantitative estimate of drug-likeness (QED) is 0.227. The summed E-state index contributed by atoms with van der Waals surface area (Å²) in [7, 11) is 0. The predicted octanol–water partition coefficient (Wildman–Crippen LogP) is 5.95. The van der Waals surface area contributed by atoms with E-state index in [2.05, 4.69) is 36.8 Å². The van der Waals surface area contributed by atoms with Gasteiger partial charge in [-0.15, -0.1) is 0 Å². The molecule has 5 rings (SSSR count). The van der Waals surface area contributed by atoms with E-state index in [1.54, 1.807) is 18.2 Å². The van der Waals surface area contributed by atoms with Gasteiger partial charge in [-0.2, -0.15) is 18.3 Å². The maximum atomic E-state index is 13.1. The number of carbonyl (C=O) groups excluding carboxylic acids is 2. The van der Waals surface area contributed by atoms with Gasteiger partial charge in [-0.05, 0) is 60.4 Å². The van der Waals surface area contributed by atoms with Crippen LogP contribution in [0.1, 0.15) is 18.4 Å². The van der Waals surface area contributed by atoms with Crippen molar-refractivity contribution < 1.29 is 22.8 Å². The number of nitrogens with one attached hydrogen (secondary N) is 3. The smallest absolute Gasteiger partial charge is 0.382 e. The van der Waals surface area contributed by atoms with E-state index in [1.807, 2.05) is 24.3 Å². The van der Waals surface area contributed by atoms with Gasteiger partial charge in [0.05, 0.1) is 16.5 Å². The second-order valence-corrected chi connectivity index (χ2v) is 9.55. The van der Waals surface area contributed by atoms with Gasteiger partial charge < -0.3 is 16.4 Å². The van der Waals surface area contributed by atoms with Crippen LogP contribution < -0.4 is 16.4 Å². The normalized spacial score (nSPS) is 14.4. The van der Waals surface area contributed by atoms with Crippen molar-refractivity contribution in [2.45, 2.75) is 19.0 Å². The van der Waals surface area contributed by atoms with E-state index < -0.39 is 29.0 Å². The molecule has 1 fully saturated rings. The number of alkyl halides is 3. The summed E-state index contributed by atoms with van der Waals surface area (Å²) >= 11 is 3.03. The number of amides is 2. The minimum absolute atomic E-state index is 0.0476. The Bertz CT molecular complexity index is 1510. The first kappa shape index (κ1) is 23.9. The number of H-pyrrole nitrogens is 1. The van der Waals surface area contributed by atoms with E-state index in [-0.39, 0.29) is 23.0 Å². The standard InChI is InChI=1S/C25H19BrF3N5O2/c26-15-10-14(25(27,28)29)11-17(12-15)32-23(36)24(7-8-24)22(35)31-16-4-1-3-13(9-16)18-5-2-6-19-20(18)21(30)34-33-19/h1-6,9-12H,7-8H2,(H,31,35)(H,32,36)(H3,30,33,34). The third-order valence-electron chi connectivity index (χ3n) is 6.15. The molecule has 0 radical (unpaired) electrons. The highest BCUT2D eigenvalue weighted by atomic mass is 79.9. The van der Waals surface area contributed by atoms with Gasteiger partial charge in [0.25, 0.3) is 0 Å². The summed E-state index contributed by atoms with van der Waals surface area (Å²) in [5.74, 6) is -0.826. The molecular formula is C25H19BrF3N5O2. The maximum Gasteiger partial charge on any atom is 0.416 e. The topological polar surface area (TPSA) is 113 Å². The molecule has 184 valence electrons. The molecule has 1 saturated carbocycles. The number of benzene rings is 3. The number of nitrogen functional groups attached to an aromatic ring is 1. The average molecular weight is 558 g/mol. The lowest BCUT2D eigenvalue weighted by Crippen LogP contribution is -2.35. The summed E-state index contributed by atoms with van der Waals surface area (Å²) in [5.41, 5.74) is 6.55. The van der Waals surface area contributed by atoms with Gasteiger partial charge in [-0.3, -0.25) is 14.7 Å². The summed E-state index contributed by atoms with van der Waals surface area (Å²) < 4.78 is 39.6. The number of carbonyl (C=O) groups is 2. The van der Waals surface area contributed by atoms with Crippen LogP contribution in [0, 0.1) is 5.41 Å². The Hall–Kier alpha value is -3.86. The van der Waals surface area contributed by atoms with Crippen molar-refractivity contribution >= 4 is 55.8 Å². The van der Waals surface area contributed by atoms with Crippen LogP contribution in [0.2, 0.25) is 0 Å². The van der Waals surface area contributed by atoms with Crippen molar-refractivity contribution in [2.75, 3.05) is 16.4 Å². The van der Waals surface area contributed by atoms with Crippen molar-refractivity contribution in [1.29, 1.82) is 0 Å². The second kappa shape index (κ2) is 8.66. The SMILES string of the molecule is Nc1n[nH]c2cccc(-c3cccc(NC(=O)C4(C(=O)Nc5cc(Br)cc(C(F)(F)F)c5)CC4)c3)c12. The van der Waals surface area contributed by atoms with Crippen LogP contribution in [0.5, 0.6) is 0 Å². The Morgan fingerprint density at radius 2 is 1.67 bits per heavy atom. The Morgan fingerprint density at radius 1 is 0.972 bits per heavy atom.